The number of carbonyl (C=O) groups excluding carboxylic acids is 1. The van der Waals surface area contributed by atoms with E-state index in [9.17, 15) is 4.79 Å². The van der Waals surface area contributed by atoms with Crippen LogP contribution in [0.25, 0.3) is 0 Å². The zero-order valence-corrected chi connectivity index (χ0v) is 5.58. The fraction of sp³-hybridized carbons (Fsp3) is 0.500. The Kier molecular flexibility index (Phi) is 5.71. The molecule has 0 aromatic carbocycles. The van der Waals surface area contributed by atoms with Gasteiger partial charge in [0.15, 0.2) is 0 Å². The summed E-state index contributed by atoms with van der Waals surface area (Å²) in [5, 5.41) is 8.21. The summed E-state index contributed by atoms with van der Waals surface area (Å²) in [5.74, 6) is -0.511. The summed E-state index contributed by atoms with van der Waals surface area (Å²) in [6.45, 7) is 3.08. The van der Waals surface area contributed by atoms with Crippen LogP contribution < -0.4 is 0 Å². The molecule has 0 fully saturated rings. The van der Waals surface area contributed by atoms with E-state index >= 15 is 0 Å². The highest BCUT2D eigenvalue weighted by Gasteiger charge is 1.98. The lowest BCUT2D eigenvalue weighted by molar-refractivity contribution is -0.143. The Morgan fingerprint density at radius 2 is 2.40 bits per heavy atom. The van der Waals surface area contributed by atoms with Gasteiger partial charge in [-0.2, -0.15) is 0 Å². The second-order valence-electron chi connectivity index (χ2n) is 1.43. The van der Waals surface area contributed by atoms with Crippen molar-refractivity contribution in [2.24, 2.45) is 0 Å². The monoisotopic (exact) mass is 146 g/mol. The summed E-state index contributed by atoms with van der Waals surface area (Å²) in [7, 11) is 0. The molecule has 0 atom stereocenters. The molecule has 4 nitrogen and oxygen atoms in total. The second kappa shape index (κ2) is 6.25. The van der Waals surface area contributed by atoms with Gasteiger partial charge in [0.1, 0.15) is 6.61 Å². The highest BCUT2D eigenvalue weighted by molar-refractivity contribution is 5.71. The van der Waals surface area contributed by atoms with Crippen molar-refractivity contribution in [3.8, 4) is 0 Å². The molecule has 0 saturated carbocycles. The molecule has 0 aromatic rings. The molecule has 1 N–H and O–H groups in total. The minimum Gasteiger partial charge on any atom is -0.433 e. The fourth-order valence-electron chi connectivity index (χ4n) is 0.347. The fourth-order valence-corrected chi connectivity index (χ4v) is 0.347. The van der Waals surface area contributed by atoms with Gasteiger partial charge < -0.3 is 14.6 Å². The number of esters is 1. The Labute approximate surface area is 59.1 Å². The van der Waals surface area contributed by atoms with Gasteiger partial charge in [0.05, 0.1) is 19.5 Å². The maximum Gasteiger partial charge on any atom is 0.336 e. The predicted octanol–water partition coefficient (Wildman–Crippen LogP) is -0.318. The first kappa shape index (κ1) is 9.13. The first-order valence-corrected chi connectivity index (χ1v) is 2.80. The quantitative estimate of drug-likeness (QED) is 0.328. The molecule has 0 radical (unpaired) electrons. The molecule has 0 aliphatic carbocycles. The molecule has 58 valence electrons. The number of hydrogen-bond donors (Lipinski definition) is 1. The number of carbonyl (C=O) groups is 1. The van der Waals surface area contributed by atoms with Crippen molar-refractivity contribution >= 4 is 5.97 Å². The lowest BCUT2D eigenvalue weighted by Gasteiger charge is -1.98. The third-order valence-electron chi connectivity index (χ3n) is 0.670. The zero-order chi connectivity index (χ0) is 7.82. The van der Waals surface area contributed by atoms with E-state index in [0.717, 1.165) is 6.26 Å². The van der Waals surface area contributed by atoms with Gasteiger partial charge in [0.25, 0.3) is 0 Å². The predicted molar refractivity (Wildman–Crippen MR) is 34.2 cm³/mol. The first-order chi connectivity index (χ1) is 4.81. The maximum atomic E-state index is 10.4. The van der Waals surface area contributed by atoms with Gasteiger partial charge in [0, 0.05) is 0 Å². The van der Waals surface area contributed by atoms with E-state index in [1.807, 2.05) is 0 Å². The van der Waals surface area contributed by atoms with Crippen LogP contribution in [0.3, 0.4) is 0 Å². The summed E-state index contributed by atoms with van der Waals surface area (Å²) >= 11 is 0. The Bertz CT molecular complexity index is 110. The van der Waals surface area contributed by atoms with Gasteiger partial charge in [-0.1, -0.05) is 6.58 Å². The molecular formula is C6H10O4. The molecule has 0 unspecified atom stereocenters. The Balaban J connectivity index is 3.13. The molecule has 0 aliphatic rings. The van der Waals surface area contributed by atoms with Crippen LogP contribution in [0.15, 0.2) is 12.8 Å². The van der Waals surface area contributed by atoms with Crippen LogP contribution >= 0.6 is 0 Å². The normalized spacial score (nSPS) is 8.90. The number of aliphatic hydroxyl groups is 1. The number of hydrogen-bond acceptors (Lipinski definition) is 4. The Hall–Kier alpha value is -0.870. The molecule has 0 amide bonds. The molecule has 0 bridgehead atoms. The van der Waals surface area contributed by atoms with Crippen molar-refractivity contribution in [2.75, 3.05) is 19.8 Å². The summed E-state index contributed by atoms with van der Waals surface area (Å²) < 4.78 is 8.93. The number of aliphatic hydroxyl groups excluding tert-OH is 1. The molecular weight excluding hydrogens is 136 g/mol. The minimum absolute atomic E-state index is 0.0959. The van der Waals surface area contributed by atoms with Crippen molar-refractivity contribution in [3.63, 3.8) is 0 Å². The van der Waals surface area contributed by atoms with Gasteiger partial charge in [0.2, 0.25) is 0 Å². The van der Waals surface area contributed by atoms with Crippen molar-refractivity contribution in [2.45, 2.75) is 0 Å². The summed E-state index contributed by atoms with van der Waals surface area (Å²) in [5.41, 5.74) is 0. The van der Waals surface area contributed by atoms with Crippen LogP contribution in [0.4, 0.5) is 0 Å². The van der Waals surface area contributed by atoms with Gasteiger partial charge in [-0.25, -0.2) is 4.79 Å². The van der Waals surface area contributed by atoms with E-state index in [1.165, 1.54) is 0 Å². The van der Waals surface area contributed by atoms with Crippen LogP contribution in [0.2, 0.25) is 0 Å². The molecule has 0 saturated heterocycles. The Morgan fingerprint density at radius 1 is 1.70 bits per heavy atom. The molecule has 10 heavy (non-hydrogen) atoms. The second-order valence-corrected chi connectivity index (χ2v) is 1.43. The van der Waals surface area contributed by atoms with Crippen LogP contribution in [-0.2, 0) is 14.3 Å². The van der Waals surface area contributed by atoms with Crippen LogP contribution in [0.1, 0.15) is 0 Å². The average molecular weight is 146 g/mol. The summed E-state index contributed by atoms with van der Waals surface area (Å²) in [4.78, 5) is 10.4. The average Bonchev–Trinajstić information content (AvgIpc) is 1.89. The zero-order valence-electron chi connectivity index (χ0n) is 5.58. The molecule has 0 spiro atoms. The highest BCUT2D eigenvalue weighted by atomic mass is 16.6. The molecule has 0 rings (SSSR count). The summed E-state index contributed by atoms with van der Waals surface area (Å²) in [6.07, 6.45) is 1.03. The van der Waals surface area contributed by atoms with Gasteiger partial charge in [-0.15, -0.1) is 0 Å². The lowest BCUT2D eigenvalue weighted by Crippen LogP contribution is -2.11. The lowest BCUT2D eigenvalue weighted by atomic mass is 10.7. The first-order valence-electron chi connectivity index (χ1n) is 2.80. The topological polar surface area (TPSA) is 55.8 Å². The van der Waals surface area contributed by atoms with E-state index in [-0.39, 0.29) is 19.8 Å². The summed E-state index contributed by atoms with van der Waals surface area (Å²) in [6, 6.07) is 0. The number of rotatable bonds is 5. The standard InChI is InChI=1S/C6H10O4/c1-2-10-6(8)5-9-4-3-7/h2,7H,1,3-5H2. The van der Waals surface area contributed by atoms with Crippen LogP contribution in [-0.4, -0.2) is 30.9 Å². The minimum atomic E-state index is -0.511. The van der Waals surface area contributed by atoms with E-state index in [4.69, 9.17) is 5.11 Å². The van der Waals surface area contributed by atoms with Gasteiger partial charge >= 0.3 is 5.97 Å². The molecule has 0 aliphatic heterocycles. The maximum absolute atomic E-state index is 10.4. The molecule has 4 heteroatoms. The molecule has 0 heterocycles. The largest absolute Gasteiger partial charge is 0.433 e. The molecule has 0 aromatic heterocycles. The third-order valence-corrected chi connectivity index (χ3v) is 0.670. The highest BCUT2D eigenvalue weighted by Crippen LogP contribution is 1.80. The number of ether oxygens (including phenoxy) is 2. The van der Waals surface area contributed by atoms with E-state index in [0.29, 0.717) is 0 Å². The van der Waals surface area contributed by atoms with E-state index in [2.05, 4.69) is 16.1 Å². The smallest absolute Gasteiger partial charge is 0.336 e. The van der Waals surface area contributed by atoms with Crippen molar-refractivity contribution in [1.29, 1.82) is 0 Å². The Morgan fingerprint density at radius 3 is 2.90 bits per heavy atom. The third kappa shape index (κ3) is 5.27. The van der Waals surface area contributed by atoms with Crippen molar-refractivity contribution in [3.05, 3.63) is 12.8 Å². The van der Waals surface area contributed by atoms with Crippen molar-refractivity contribution < 1.29 is 19.4 Å². The van der Waals surface area contributed by atoms with Crippen LogP contribution in [0.5, 0.6) is 0 Å². The van der Waals surface area contributed by atoms with Crippen molar-refractivity contribution in [1.82, 2.24) is 0 Å². The SMILES string of the molecule is C=COC(=O)COCCO. The van der Waals surface area contributed by atoms with Gasteiger partial charge in [-0.3, -0.25) is 0 Å². The van der Waals surface area contributed by atoms with E-state index in [1.54, 1.807) is 0 Å². The van der Waals surface area contributed by atoms with E-state index < -0.39 is 5.97 Å². The van der Waals surface area contributed by atoms with Gasteiger partial charge in [-0.05, 0) is 0 Å². The van der Waals surface area contributed by atoms with Crippen LogP contribution in [0, 0.1) is 0 Å².